The number of carbonyl (C=O) groups is 1. The van der Waals surface area contributed by atoms with Crippen LogP contribution in [0.15, 0.2) is 36.4 Å². The molecule has 0 spiro atoms. The van der Waals surface area contributed by atoms with Gasteiger partial charge in [0.2, 0.25) is 0 Å². The zero-order valence-corrected chi connectivity index (χ0v) is 15.9. The molecule has 1 amide bonds. The highest BCUT2D eigenvalue weighted by atomic mass is 35.5. The maximum absolute atomic E-state index is 12.5. The van der Waals surface area contributed by atoms with Crippen molar-refractivity contribution in [1.29, 1.82) is 0 Å². The van der Waals surface area contributed by atoms with E-state index in [2.05, 4.69) is 29.3 Å². The highest BCUT2D eigenvalue weighted by molar-refractivity contribution is 7.16. The van der Waals surface area contributed by atoms with Gasteiger partial charge < -0.3 is 9.64 Å². The van der Waals surface area contributed by atoms with Crippen molar-refractivity contribution in [3.8, 4) is 10.4 Å². The van der Waals surface area contributed by atoms with Crippen LogP contribution in [0.2, 0.25) is 0 Å². The molecule has 1 N–H and O–H groups in total. The lowest BCUT2D eigenvalue weighted by Gasteiger charge is -2.47. The van der Waals surface area contributed by atoms with E-state index in [-0.39, 0.29) is 24.1 Å². The van der Waals surface area contributed by atoms with Gasteiger partial charge >= 0.3 is 6.09 Å². The number of nitrogens with zero attached hydrogens (tertiary/aromatic N) is 1. The standard InChI is InChI=1S/C19H22N2O2S.ClH/c1-14-13-16(17(24-14)15-5-3-2-4-6-15)20-18(22)23-19-7-10-21(11-8-19)12-9-19;/h2-6,13H,7-12H2,1H3,(H,20,22);1H. The number of thiophene rings is 1. The summed E-state index contributed by atoms with van der Waals surface area (Å²) >= 11 is 1.69. The van der Waals surface area contributed by atoms with Gasteiger partial charge in [0, 0.05) is 43.8 Å². The molecule has 6 heteroatoms. The van der Waals surface area contributed by atoms with Crippen molar-refractivity contribution in [2.24, 2.45) is 0 Å². The number of halogens is 1. The Balaban J connectivity index is 0.00000182. The van der Waals surface area contributed by atoms with E-state index in [0.29, 0.717) is 0 Å². The molecular weight excluding hydrogens is 356 g/mol. The highest BCUT2D eigenvalue weighted by Gasteiger charge is 2.42. The van der Waals surface area contributed by atoms with E-state index in [1.807, 2.05) is 24.3 Å². The molecule has 134 valence electrons. The number of anilines is 1. The van der Waals surface area contributed by atoms with Crippen LogP contribution in [0.5, 0.6) is 0 Å². The Bertz CT molecular complexity index is 725. The van der Waals surface area contributed by atoms with Gasteiger partial charge in [-0.2, -0.15) is 0 Å². The first-order valence-corrected chi connectivity index (χ1v) is 9.33. The average molecular weight is 379 g/mol. The van der Waals surface area contributed by atoms with Gasteiger partial charge in [-0.15, -0.1) is 23.7 Å². The Hall–Kier alpha value is -1.56. The average Bonchev–Trinajstić information content (AvgIpc) is 2.97. The second kappa shape index (κ2) is 7.36. The van der Waals surface area contributed by atoms with Crippen molar-refractivity contribution in [2.45, 2.75) is 31.8 Å². The van der Waals surface area contributed by atoms with Crippen LogP contribution in [0.25, 0.3) is 10.4 Å². The minimum atomic E-state index is -0.319. The molecule has 25 heavy (non-hydrogen) atoms. The molecule has 2 bridgehead atoms. The molecule has 1 aromatic carbocycles. The summed E-state index contributed by atoms with van der Waals surface area (Å²) < 4.78 is 5.90. The Labute approximate surface area is 158 Å². The number of ether oxygens (including phenoxy) is 1. The molecule has 0 aliphatic carbocycles. The number of nitrogens with one attached hydrogen (secondary N) is 1. The first-order valence-electron chi connectivity index (χ1n) is 8.52. The molecule has 1 aromatic heterocycles. The molecule has 2 aromatic rings. The third kappa shape index (κ3) is 3.84. The molecular formula is C19H23ClN2O2S. The van der Waals surface area contributed by atoms with Gasteiger partial charge in [-0.1, -0.05) is 30.3 Å². The van der Waals surface area contributed by atoms with Crippen LogP contribution in [0.3, 0.4) is 0 Å². The summed E-state index contributed by atoms with van der Waals surface area (Å²) in [5, 5.41) is 2.99. The van der Waals surface area contributed by atoms with Crippen molar-refractivity contribution < 1.29 is 9.53 Å². The number of hydrogen-bond donors (Lipinski definition) is 1. The van der Waals surface area contributed by atoms with Crippen LogP contribution in [0.4, 0.5) is 10.5 Å². The minimum Gasteiger partial charge on any atom is -0.443 e. The van der Waals surface area contributed by atoms with E-state index in [1.165, 1.54) is 4.88 Å². The number of rotatable bonds is 3. The summed E-state index contributed by atoms with van der Waals surface area (Å²) in [6.45, 7) is 5.18. The van der Waals surface area contributed by atoms with E-state index in [4.69, 9.17) is 4.74 Å². The lowest BCUT2D eigenvalue weighted by Crippen LogP contribution is -2.54. The van der Waals surface area contributed by atoms with Gasteiger partial charge in [-0.25, -0.2) is 4.79 Å². The predicted molar refractivity (Wildman–Crippen MR) is 105 cm³/mol. The van der Waals surface area contributed by atoms with E-state index >= 15 is 0 Å². The number of fused-ring (bicyclic) bond motifs is 3. The van der Waals surface area contributed by atoms with Crippen LogP contribution >= 0.6 is 23.7 Å². The molecule has 3 fully saturated rings. The Morgan fingerprint density at radius 1 is 1.16 bits per heavy atom. The summed E-state index contributed by atoms with van der Waals surface area (Å²) in [5.41, 5.74) is 1.71. The monoisotopic (exact) mass is 378 g/mol. The number of carbonyl (C=O) groups excluding carboxylic acids is 1. The fourth-order valence-corrected chi connectivity index (χ4v) is 4.66. The second-order valence-corrected chi connectivity index (χ2v) is 8.01. The van der Waals surface area contributed by atoms with Crippen molar-refractivity contribution in [3.05, 3.63) is 41.3 Å². The zero-order valence-electron chi connectivity index (χ0n) is 14.3. The largest absolute Gasteiger partial charge is 0.443 e. The number of hydrogen-bond acceptors (Lipinski definition) is 4. The topological polar surface area (TPSA) is 41.6 Å². The third-order valence-corrected chi connectivity index (χ3v) is 6.19. The first-order chi connectivity index (χ1) is 11.6. The molecule has 3 aliphatic heterocycles. The fraction of sp³-hybridized carbons (Fsp3) is 0.421. The first kappa shape index (κ1) is 18.2. The molecule has 0 unspecified atom stereocenters. The van der Waals surface area contributed by atoms with Crippen molar-refractivity contribution in [1.82, 2.24) is 4.90 Å². The summed E-state index contributed by atoms with van der Waals surface area (Å²) in [4.78, 5) is 17.2. The molecule has 5 rings (SSSR count). The molecule has 4 heterocycles. The summed E-state index contributed by atoms with van der Waals surface area (Å²) in [6, 6.07) is 12.2. The molecule has 3 aliphatic rings. The van der Waals surface area contributed by atoms with Crippen molar-refractivity contribution >= 4 is 35.5 Å². The van der Waals surface area contributed by atoms with E-state index in [0.717, 1.165) is 55.0 Å². The van der Waals surface area contributed by atoms with Gasteiger partial charge in [-0.3, -0.25) is 5.32 Å². The lowest BCUT2D eigenvalue weighted by molar-refractivity contribution is -0.0742. The maximum Gasteiger partial charge on any atom is 0.412 e. The van der Waals surface area contributed by atoms with Gasteiger partial charge in [0.1, 0.15) is 5.60 Å². The number of piperidine rings is 3. The fourth-order valence-electron chi connectivity index (χ4n) is 3.69. The van der Waals surface area contributed by atoms with Crippen LogP contribution in [-0.2, 0) is 4.74 Å². The van der Waals surface area contributed by atoms with Crippen molar-refractivity contribution in [2.75, 3.05) is 25.0 Å². The summed E-state index contributed by atoms with van der Waals surface area (Å²) in [6.07, 6.45) is 2.54. The van der Waals surface area contributed by atoms with E-state index in [9.17, 15) is 4.79 Å². The van der Waals surface area contributed by atoms with Gasteiger partial charge in [-0.05, 0) is 18.6 Å². The SMILES string of the molecule is Cc1cc(NC(=O)OC23CCN(CC2)CC3)c(-c2ccccc2)s1.Cl. The van der Waals surface area contributed by atoms with Gasteiger partial charge in [0.25, 0.3) is 0 Å². The Kier molecular flexibility index (Phi) is 5.37. The molecule has 3 saturated heterocycles. The summed E-state index contributed by atoms with van der Waals surface area (Å²) in [7, 11) is 0. The zero-order chi connectivity index (χ0) is 16.6. The van der Waals surface area contributed by atoms with Crippen LogP contribution in [0.1, 0.15) is 24.1 Å². The molecule has 0 radical (unpaired) electrons. The quantitative estimate of drug-likeness (QED) is 0.823. The van der Waals surface area contributed by atoms with Crippen molar-refractivity contribution in [3.63, 3.8) is 0 Å². The van der Waals surface area contributed by atoms with Gasteiger partial charge in [0.05, 0.1) is 10.6 Å². The number of aryl methyl sites for hydroxylation is 1. The second-order valence-electron chi connectivity index (χ2n) is 6.76. The molecule has 0 saturated carbocycles. The van der Waals surface area contributed by atoms with E-state index in [1.54, 1.807) is 11.3 Å². The smallest absolute Gasteiger partial charge is 0.412 e. The molecule has 0 atom stereocenters. The normalized spacial score (nSPS) is 24.4. The third-order valence-electron chi connectivity index (χ3n) is 5.09. The van der Waals surface area contributed by atoms with E-state index < -0.39 is 0 Å². The van der Waals surface area contributed by atoms with Gasteiger partial charge in [0.15, 0.2) is 0 Å². The Morgan fingerprint density at radius 3 is 2.44 bits per heavy atom. The predicted octanol–water partition coefficient (Wildman–Crippen LogP) is 4.93. The number of benzene rings is 1. The molecule has 4 nitrogen and oxygen atoms in total. The maximum atomic E-state index is 12.5. The Morgan fingerprint density at radius 2 is 1.80 bits per heavy atom. The number of amides is 1. The van der Waals surface area contributed by atoms with Crippen LogP contribution in [0, 0.1) is 6.92 Å². The summed E-state index contributed by atoms with van der Waals surface area (Å²) in [5.74, 6) is 0. The highest BCUT2D eigenvalue weighted by Crippen LogP contribution is 2.38. The minimum absolute atomic E-state index is 0. The van der Waals surface area contributed by atoms with Crippen LogP contribution in [-0.4, -0.2) is 36.2 Å². The lowest BCUT2D eigenvalue weighted by atomic mass is 9.83. The van der Waals surface area contributed by atoms with Crippen LogP contribution < -0.4 is 5.32 Å².